The van der Waals surface area contributed by atoms with Crippen LogP contribution in [0.25, 0.3) is 16.6 Å². The van der Waals surface area contributed by atoms with Crippen molar-refractivity contribution in [2.75, 3.05) is 0 Å². The van der Waals surface area contributed by atoms with Crippen molar-refractivity contribution in [1.82, 2.24) is 24.9 Å². The Morgan fingerprint density at radius 2 is 1.96 bits per heavy atom. The second kappa shape index (κ2) is 6.05. The van der Waals surface area contributed by atoms with Gasteiger partial charge in [-0.15, -0.1) is 5.10 Å². The Kier molecular flexibility index (Phi) is 4.21. The van der Waals surface area contributed by atoms with E-state index < -0.39 is 0 Å². The largest absolute Gasteiger partial charge is 0.351 e. The zero-order valence-corrected chi connectivity index (χ0v) is 15.3. The van der Waals surface area contributed by atoms with Crippen LogP contribution in [-0.2, 0) is 4.79 Å². The van der Waals surface area contributed by atoms with E-state index in [0.717, 1.165) is 16.6 Å². The van der Waals surface area contributed by atoms with Gasteiger partial charge in [0.2, 0.25) is 5.91 Å². The van der Waals surface area contributed by atoms with Gasteiger partial charge in [0.1, 0.15) is 5.82 Å². The third kappa shape index (κ3) is 3.36. The summed E-state index contributed by atoms with van der Waals surface area (Å²) in [5, 5.41) is 8.77. The molecule has 2 aromatic heterocycles. The number of thioether (sulfide) groups is 1. The minimum Gasteiger partial charge on any atom is -0.351 e. The van der Waals surface area contributed by atoms with Crippen LogP contribution < -0.4 is 5.32 Å². The molecule has 0 spiro atoms. The standard InChI is InChI=1S/C17H21N5OS/c1-10(15(23)20-17(3,4)5)24-16-19-13-9-7-6-8-12(13)14-18-11(2)21-22(14)16/h6-10H,1-5H3,(H,20,23)/t10-/m1/s1. The molecule has 2 heterocycles. The zero-order valence-electron chi connectivity index (χ0n) is 14.5. The van der Waals surface area contributed by atoms with Crippen LogP contribution in [0.4, 0.5) is 0 Å². The van der Waals surface area contributed by atoms with Crippen molar-refractivity contribution >= 4 is 34.2 Å². The van der Waals surface area contributed by atoms with Crippen LogP contribution in [0.1, 0.15) is 33.5 Å². The molecule has 6 nitrogen and oxygen atoms in total. The Morgan fingerprint density at radius 3 is 2.67 bits per heavy atom. The number of para-hydroxylation sites is 1. The van der Waals surface area contributed by atoms with Crippen molar-refractivity contribution in [3.63, 3.8) is 0 Å². The van der Waals surface area contributed by atoms with Crippen molar-refractivity contribution in [1.29, 1.82) is 0 Å². The highest BCUT2D eigenvalue weighted by Crippen LogP contribution is 2.26. The number of benzene rings is 1. The molecule has 1 amide bonds. The van der Waals surface area contributed by atoms with Gasteiger partial charge in [0.25, 0.3) is 0 Å². The van der Waals surface area contributed by atoms with E-state index in [1.54, 1.807) is 4.52 Å². The van der Waals surface area contributed by atoms with Gasteiger partial charge in [-0.3, -0.25) is 4.79 Å². The molecule has 0 fully saturated rings. The Labute approximate surface area is 145 Å². The summed E-state index contributed by atoms with van der Waals surface area (Å²) in [7, 11) is 0. The fourth-order valence-electron chi connectivity index (χ4n) is 2.39. The molecule has 126 valence electrons. The number of fused-ring (bicyclic) bond motifs is 3. The molecule has 0 aliphatic rings. The normalized spacial score (nSPS) is 13.4. The molecule has 0 saturated heterocycles. The van der Waals surface area contributed by atoms with Gasteiger partial charge >= 0.3 is 0 Å². The number of hydrogen-bond acceptors (Lipinski definition) is 5. The second-order valence-electron chi connectivity index (χ2n) is 6.81. The Balaban J connectivity index is 2.00. The highest BCUT2D eigenvalue weighted by molar-refractivity contribution is 8.00. The van der Waals surface area contributed by atoms with Gasteiger partial charge in [-0.2, -0.15) is 4.52 Å². The summed E-state index contributed by atoms with van der Waals surface area (Å²) in [5.74, 6) is 0.661. The molecule has 1 aromatic carbocycles. The molecule has 0 bridgehead atoms. The summed E-state index contributed by atoms with van der Waals surface area (Å²) in [6.07, 6.45) is 0. The van der Waals surface area contributed by atoms with E-state index in [4.69, 9.17) is 0 Å². The second-order valence-corrected chi connectivity index (χ2v) is 8.11. The monoisotopic (exact) mass is 343 g/mol. The topological polar surface area (TPSA) is 72.2 Å². The lowest BCUT2D eigenvalue weighted by Crippen LogP contribution is -2.44. The van der Waals surface area contributed by atoms with Crippen molar-refractivity contribution in [2.24, 2.45) is 0 Å². The first-order valence-electron chi connectivity index (χ1n) is 7.85. The molecular weight excluding hydrogens is 322 g/mol. The first kappa shape index (κ1) is 16.7. The smallest absolute Gasteiger partial charge is 0.233 e. The maximum absolute atomic E-state index is 12.4. The van der Waals surface area contributed by atoms with Crippen LogP contribution in [0.2, 0.25) is 0 Å². The van der Waals surface area contributed by atoms with Crippen LogP contribution >= 0.6 is 11.8 Å². The summed E-state index contributed by atoms with van der Waals surface area (Å²) < 4.78 is 1.73. The van der Waals surface area contributed by atoms with E-state index in [2.05, 4.69) is 20.4 Å². The first-order valence-corrected chi connectivity index (χ1v) is 8.73. The van der Waals surface area contributed by atoms with Gasteiger partial charge in [0.15, 0.2) is 10.8 Å². The van der Waals surface area contributed by atoms with E-state index >= 15 is 0 Å². The van der Waals surface area contributed by atoms with Gasteiger partial charge in [-0.1, -0.05) is 23.9 Å². The van der Waals surface area contributed by atoms with Crippen LogP contribution in [-0.4, -0.2) is 36.3 Å². The van der Waals surface area contributed by atoms with Gasteiger partial charge < -0.3 is 5.32 Å². The van der Waals surface area contributed by atoms with Crippen LogP contribution in [0, 0.1) is 6.92 Å². The fourth-order valence-corrected chi connectivity index (χ4v) is 3.25. The first-order chi connectivity index (χ1) is 11.2. The lowest BCUT2D eigenvalue weighted by molar-refractivity contribution is -0.121. The third-order valence-electron chi connectivity index (χ3n) is 3.40. The molecule has 24 heavy (non-hydrogen) atoms. The van der Waals surface area contributed by atoms with E-state index in [9.17, 15) is 4.79 Å². The summed E-state index contributed by atoms with van der Waals surface area (Å²) in [6.45, 7) is 9.63. The Bertz CT molecular complexity index is 912. The van der Waals surface area contributed by atoms with Crippen molar-refractivity contribution < 1.29 is 4.79 Å². The zero-order chi connectivity index (χ0) is 17.5. The molecule has 0 saturated carbocycles. The average Bonchev–Trinajstić information content (AvgIpc) is 2.87. The molecule has 0 aliphatic carbocycles. The third-order valence-corrected chi connectivity index (χ3v) is 4.45. The van der Waals surface area contributed by atoms with Crippen LogP contribution in [0.15, 0.2) is 29.4 Å². The van der Waals surface area contributed by atoms with E-state index in [-0.39, 0.29) is 16.7 Å². The number of nitrogens with zero attached hydrogens (tertiary/aromatic N) is 4. The summed E-state index contributed by atoms with van der Waals surface area (Å²) in [4.78, 5) is 21.6. The molecule has 3 rings (SSSR count). The van der Waals surface area contributed by atoms with Gasteiger partial charge in [0, 0.05) is 10.9 Å². The Hall–Kier alpha value is -2.15. The summed E-state index contributed by atoms with van der Waals surface area (Å²) >= 11 is 1.39. The lowest BCUT2D eigenvalue weighted by atomic mass is 10.1. The number of carbonyl (C=O) groups is 1. The molecule has 1 N–H and O–H groups in total. The van der Waals surface area contributed by atoms with Crippen molar-refractivity contribution in [3.05, 3.63) is 30.1 Å². The molecule has 0 aliphatic heterocycles. The van der Waals surface area contributed by atoms with Crippen LogP contribution in [0.3, 0.4) is 0 Å². The number of carbonyl (C=O) groups excluding carboxylic acids is 1. The van der Waals surface area contributed by atoms with Gasteiger partial charge in [-0.25, -0.2) is 9.97 Å². The maximum atomic E-state index is 12.4. The average molecular weight is 343 g/mol. The SMILES string of the molecule is Cc1nc2c3ccccc3nc(S[C@H](C)C(=O)NC(C)(C)C)n2n1. The van der Waals surface area contributed by atoms with Crippen LogP contribution in [0.5, 0.6) is 0 Å². The van der Waals surface area contributed by atoms with Gasteiger partial charge in [-0.05, 0) is 46.8 Å². The molecule has 1 atom stereocenters. The summed E-state index contributed by atoms with van der Waals surface area (Å²) in [6, 6.07) is 7.83. The van der Waals surface area contributed by atoms with E-state index in [1.807, 2.05) is 58.9 Å². The van der Waals surface area contributed by atoms with E-state index in [0.29, 0.717) is 11.0 Å². The lowest BCUT2D eigenvalue weighted by Gasteiger charge is -2.22. The summed E-state index contributed by atoms with van der Waals surface area (Å²) in [5.41, 5.74) is 1.36. The van der Waals surface area contributed by atoms with Crippen molar-refractivity contribution in [3.8, 4) is 0 Å². The maximum Gasteiger partial charge on any atom is 0.233 e. The molecule has 7 heteroatoms. The van der Waals surface area contributed by atoms with Crippen molar-refractivity contribution in [2.45, 2.75) is 50.6 Å². The molecule has 0 unspecified atom stereocenters. The highest BCUT2D eigenvalue weighted by atomic mass is 32.2. The number of rotatable bonds is 3. The minimum atomic E-state index is -0.286. The fraction of sp³-hybridized carbons (Fsp3) is 0.412. The number of aromatic nitrogens is 4. The molecule has 3 aromatic rings. The predicted octanol–water partition coefficient (Wildman–Crippen LogP) is 2.98. The molecule has 0 radical (unpaired) electrons. The number of aryl methyl sites for hydroxylation is 1. The Morgan fingerprint density at radius 1 is 1.25 bits per heavy atom. The quantitative estimate of drug-likeness (QED) is 0.585. The minimum absolute atomic E-state index is 0.0209. The number of amides is 1. The number of hydrogen-bond donors (Lipinski definition) is 1. The van der Waals surface area contributed by atoms with E-state index in [1.165, 1.54) is 11.8 Å². The highest BCUT2D eigenvalue weighted by Gasteiger charge is 2.22. The van der Waals surface area contributed by atoms with Gasteiger partial charge in [0.05, 0.1) is 10.8 Å². The molecular formula is C17H21N5OS. The predicted molar refractivity (Wildman–Crippen MR) is 96.2 cm³/mol. The number of nitrogens with one attached hydrogen (secondary N) is 1.